The summed E-state index contributed by atoms with van der Waals surface area (Å²) in [5, 5.41) is 11.3. The van der Waals surface area contributed by atoms with Gasteiger partial charge in [-0.2, -0.15) is 0 Å². The number of terminal acetylenes is 1. The third-order valence-corrected chi connectivity index (χ3v) is 2.10. The summed E-state index contributed by atoms with van der Waals surface area (Å²) >= 11 is 0. The summed E-state index contributed by atoms with van der Waals surface area (Å²) in [5.74, 6) is 3.89. The normalized spacial score (nSPS) is 9.75. The van der Waals surface area contributed by atoms with Gasteiger partial charge in [0, 0.05) is 5.56 Å². The van der Waals surface area contributed by atoms with Gasteiger partial charge in [0.15, 0.2) is 5.82 Å². The Kier molecular flexibility index (Phi) is 2.83. The third kappa shape index (κ3) is 1.86. The summed E-state index contributed by atoms with van der Waals surface area (Å²) in [6.07, 6.45) is 5.23. The molecule has 2 aromatic rings. The van der Waals surface area contributed by atoms with E-state index in [0.29, 0.717) is 12.4 Å². The molecule has 2 rings (SSSR count). The number of hydrogen-bond acceptors (Lipinski definition) is 4. The number of methoxy groups -OCH3 is 1. The first-order valence-electron chi connectivity index (χ1n) is 4.69. The van der Waals surface area contributed by atoms with E-state index in [1.165, 1.54) is 0 Å². The van der Waals surface area contributed by atoms with Crippen molar-refractivity contribution >= 4 is 0 Å². The smallest absolute Gasteiger partial charge is 0.183 e. The summed E-state index contributed by atoms with van der Waals surface area (Å²) in [6, 6.07) is 7.50. The van der Waals surface area contributed by atoms with Crippen LogP contribution in [0.25, 0.3) is 11.4 Å². The molecule has 1 heterocycles. The number of rotatable bonds is 3. The van der Waals surface area contributed by atoms with Crippen LogP contribution in [-0.2, 0) is 6.54 Å². The van der Waals surface area contributed by atoms with E-state index >= 15 is 0 Å². The van der Waals surface area contributed by atoms with Crippen LogP contribution in [0, 0.1) is 12.3 Å². The monoisotopic (exact) mass is 214 g/mol. The highest BCUT2D eigenvalue weighted by atomic mass is 16.5. The summed E-state index contributed by atoms with van der Waals surface area (Å²) in [6.45, 7) is 0.347. The Morgan fingerprint density at radius 3 is 3.12 bits per heavy atom. The van der Waals surface area contributed by atoms with Crippen LogP contribution >= 0.6 is 0 Å². The third-order valence-electron chi connectivity index (χ3n) is 2.10. The molecule has 0 amide bonds. The van der Waals surface area contributed by atoms with Gasteiger partial charge >= 0.3 is 0 Å². The average molecular weight is 214 g/mol. The van der Waals surface area contributed by atoms with Gasteiger partial charge in [0.05, 0.1) is 7.11 Å². The van der Waals surface area contributed by atoms with Crippen LogP contribution < -0.4 is 4.74 Å². The molecule has 0 aliphatic rings. The van der Waals surface area contributed by atoms with E-state index < -0.39 is 0 Å². The van der Waals surface area contributed by atoms with Crippen LogP contribution in [0.3, 0.4) is 0 Å². The number of nitrogens with zero attached hydrogens (tertiary/aromatic N) is 4. The zero-order chi connectivity index (χ0) is 11.4. The van der Waals surface area contributed by atoms with Crippen molar-refractivity contribution in [3.8, 4) is 29.5 Å². The van der Waals surface area contributed by atoms with Gasteiger partial charge in [0.1, 0.15) is 12.3 Å². The van der Waals surface area contributed by atoms with Crippen molar-refractivity contribution in [2.45, 2.75) is 6.54 Å². The highest BCUT2D eigenvalue weighted by molar-refractivity contribution is 5.57. The Morgan fingerprint density at radius 2 is 2.38 bits per heavy atom. The Labute approximate surface area is 93.0 Å². The fourth-order valence-corrected chi connectivity index (χ4v) is 1.37. The second-order valence-electron chi connectivity index (χ2n) is 3.10. The minimum atomic E-state index is 0.347. The van der Waals surface area contributed by atoms with E-state index in [4.69, 9.17) is 11.2 Å². The molecule has 0 atom stereocenters. The summed E-state index contributed by atoms with van der Waals surface area (Å²) in [4.78, 5) is 0. The van der Waals surface area contributed by atoms with E-state index in [1.54, 1.807) is 11.8 Å². The molecule has 5 nitrogen and oxygen atoms in total. The lowest BCUT2D eigenvalue weighted by atomic mass is 10.2. The van der Waals surface area contributed by atoms with Crippen molar-refractivity contribution < 1.29 is 4.74 Å². The van der Waals surface area contributed by atoms with Crippen LogP contribution in [0.5, 0.6) is 5.75 Å². The minimum Gasteiger partial charge on any atom is -0.497 e. The quantitative estimate of drug-likeness (QED) is 0.715. The van der Waals surface area contributed by atoms with Gasteiger partial charge in [0.25, 0.3) is 0 Å². The van der Waals surface area contributed by atoms with Crippen molar-refractivity contribution in [3.05, 3.63) is 24.3 Å². The molecule has 0 fully saturated rings. The molecular weight excluding hydrogens is 204 g/mol. The first-order chi connectivity index (χ1) is 7.85. The van der Waals surface area contributed by atoms with Gasteiger partial charge < -0.3 is 4.74 Å². The van der Waals surface area contributed by atoms with Crippen LogP contribution in [0.1, 0.15) is 0 Å². The molecule has 0 bridgehead atoms. The highest BCUT2D eigenvalue weighted by Gasteiger charge is 2.08. The van der Waals surface area contributed by atoms with Gasteiger partial charge in [-0.15, -0.1) is 11.5 Å². The van der Waals surface area contributed by atoms with E-state index in [0.717, 1.165) is 11.3 Å². The molecule has 0 N–H and O–H groups in total. The van der Waals surface area contributed by atoms with Gasteiger partial charge in [0.2, 0.25) is 0 Å². The molecule has 1 aromatic carbocycles. The fraction of sp³-hybridized carbons (Fsp3) is 0.182. The molecule has 1 aromatic heterocycles. The Hall–Kier alpha value is -2.35. The predicted molar refractivity (Wildman–Crippen MR) is 58.6 cm³/mol. The Bertz CT molecular complexity index is 527. The SMILES string of the molecule is C#CCn1nnnc1-c1cccc(OC)c1. The summed E-state index contributed by atoms with van der Waals surface area (Å²) in [7, 11) is 1.61. The molecule has 16 heavy (non-hydrogen) atoms. The van der Waals surface area contributed by atoms with E-state index in [9.17, 15) is 0 Å². The maximum atomic E-state index is 5.23. The number of ether oxygens (including phenoxy) is 1. The van der Waals surface area contributed by atoms with E-state index in [2.05, 4.69) is 21.4 Å². The fourth-order valence-electron chi connectivity index (χ4n) is 1.37. The number of benzene rings is 1. The van der Waals surface area contributed by atoms with Gasteiger partial charge in [-0.05, 0) is 22.6 Å². The molecule has 0 spiro atoms. The standard InChI is InChI=1S/C11H10N4O/c1-3-7-15-11(12-13-14-15)9-5-4-6-10(8-9)16-2/h1,4-6,8H,7H2,2H3. The lowest BCUT2D eigenvalue weighted by Gasteiger charge is -2.03. The number of hydrogen-bond donors (Lipinski definition) is 0. The van der Waals surface area contributed by atoms with Gasteiger partial charge in [-0.25, -0.2) is 4.68 Å². The zero-order valence-electron chi connectivity index (χ0n) is 8.79. The van der Waals surface area contributed by atoms with Crippen molar-refractivity contribution in [2.24, 2.45) is 0 Å². The summed E-state index contributed by atoms with van der Waals surface area (Å²) < 4.78 is 6.70. The molecule has 0 aliphatic heterocycles. The van der Waals surface area contributed by atoms with E-state index in [-0.39, 0.29) is 0 Å². The van der Waals surface area contributed by atoms with Gasteiger partial charge in [-0.3, -0.25) is 0 Å². The van der Waals surface area contributed by atoms with Crippen molar-refractivity contribution in [1.82, 2.24) is 20.2 Å². The molecular formula is C11H10N4O. The topological polar surface area (TPSA) is 52.8 Å². The van der Waals surface area contributed by atoms with Crippen LogP contribution in [0.4, 0.5) is 0 Å². The number of tetrazole rings is 1. The highest BCUT2D eigenvalue weighted by Crippen LogP contribution is 2.20. The average Bonchev–Trinajstić information content (AvgIpc) is 2.78. The van der Waals surface area contributed by atoms with Gasteiger partial charge in [-0.1, -0.05) is 18.1 Å². The van der Waals surface area contributed by atoms with Crippen LogP contribution in [-0.4, -0.2) is 27.3 Å². The van der Waals surface area contributed by atoms with Crippen LogP contribution in [0.15, 0.2) is 24.3 Å². The second kappa shape index (κ2) is 4.45. The first-order valence-corrected chi connectivity index (χ1v) is 4.69. The van der Waals surface area contributed by atoms with Crippen molar-refractivity contribution in [1.29, 1.82) is 0 Å². The lowest BCUT2D eigenvalue weighted by molar-refractivity contribution is 0.415. The number of aromatic nitrogens is 4. The van der Waals surface area contributed by atoms with E-state index in [1.807, 2.05) is 24.3 Å². The largest absolute Gasteiger partial charge is 0.497 e. The Balaban J connectivity index is 2.42. The summed E-state index contributed by atoms with van der Waals surface area (Å²) in [5.41, 5.74) is 0.875. The molecule has 80 valence electrons. The van der Waals surface area contributed by atoms with Crippen molar-refractivity contribution in [3.63, 3.8) is 0 Å². The molecule has 5 heteroatoms. The lowest BCUT2D eigenvalue weighted by Crippen LogP contribution is -2.01. The Morgan fingerprint density at radius 1 is 1.50 bits per heavy atom. The first kappa shape index (κ1) is 10.2. The molecule has 0 saturated carbocycles. The molecule has 0 unspecified atom stereocenters. The predicted octanol–water partition coefficient (Wildman–Crippen LogP) is 0.982. The van der Waals surface area contributed by atoms with Crippen molar-refractivity contribution in [2.75, 3.05) is 7.11 Å². The molecule has 0 saturated heterocycles. The van der Waals surface area contributed by atoms with Crippen LogP contribution in [0.2, 0.25) is 0 Å². The molecule has 0 radical (unpaired) electrons. The molecule has 0 aliphatic carbocycles. The second-order valence-corrected chi connectivity index (χ2v) is 3.10. The zero-order valence-corrected chi connectivity index (χ0v) is 8.79. The minimum absolute atomic E-state index is 0.347. The maximum Gasteiger partial charge on any atom is 0.183 e. The maximum absolute atomic E-state index is 5.23.